The zero-order valence-electron chi connectivity index (χ0n) is 18.3. The summed E-state index contributed by atoms with van der Waals surface area (Å²) in [5, 5.41) is 7.40. The van der Waals surface area contributed by atoms with Crippen molar-refractivity contribution in [1.82, 2.24) is 10.6 Å². The van der Waals surface area contributed by atoms with Crippen molar-refractivity contribution in [2.45, 2.75) is 89.6 Å². The van der Waals surface area contributed by atoms with Gasteiger partial charge in [0.25, 0.3) is 0 Å². The first-order valence-corrected chi connectivity index (χ1v) is 12.3. The fourth-order valence-electron chi connectivity index (χ4n) is 4.96. The van der Waals surface area contributed by atoms with Gasteiger partial charge < -0.3 is 15.4 Å². The molecular weight excluding hydrogens is 376 g/mol. The highest BCUT2D eigenvalue weighted by atomic mass is 32.1. The minimum atomic E-state index is 0.312. The third kappa shape index (κ3) is 7.90. The number of hydrogen-bond donors (Lipinski definition) is 2. The van der Waals surface area contributed by atoms with E-state index in [2.05, 4.69) is 22.8 Å². The van der Waals surface area contributed by atoms with E-state index in [1.54, 1.807) is 7.11 Å². The smallest absolute Gasteiger partial charge is 0.118 e. The average Bonchev–Trinajstić information content (AvgIpc) is 2.79. The first-order chi connectivity index (χ1) is 14.2. The number of rotatable bonds is 10. The molecule has 0 spiro atoms. The molecule has 29 heavy (non-hydrogen) atoms. The second kappa shape index (κ2) is 12.5. The zero-order chi connectivity index (χ0) is 20.3. The predicted octanol–water partition coefficient (Wildman–Crippen LogP) is 6.01. The predicted molar refractivity (Wildman–Crippen MR) is 127 cm³/mol. The first kappa shape index (κ1) is 22.6. The molecule has 2 fully saturated rings. The first-order valence-electron chi connectivity index (χ1n) is 11.9. The second-order valence-electron chi connectivity index (χ2n) is 9.11. The highest BCUT2D eigenvalue weighted by Gasteiger charge is 2.21. The summed E-state index contributed by atoms with van der Waals surface area (Å²) >= 11 is 5.86. The largest absolute Gasteiger partial charge is 0.497 e. The summed E-state index contributed by atoms with van der Waals surface area (Å²) in [6.45, 7) is 1.91. The summed E-state index contributed by atoms with van der Waals surface area (Å²) in [5.41, 5.74) is 1.24. The van der Waals surface area contributed by atoms with Gasteiger partial charge >= 0.3 is 0 Å². The lowest BCUT2D eigenvalue weighted by Crippen LogP contribution is -2.45. The Balaban J connectivity index is 1.50. The van der Waals surface area contributed by atoms with Gasteiger partial charge in [-0.15, -0.1) is 0 Å². The number of benzene rings is 1. The Morgan fingerprint density at radius 2 is 1.59 bits per heavy atom. The second-order valence-corrected chi connectivity index (χ2v) is 9.55. The number of thiocarbonyl (C=S) groups is 1. The van der Waals surface area contributed by atoms with Crippen LogP contribution in [0.4, 0.5) is 0 Å². The van der Waals surface area contributed by atoms with E-state index < -0.39 is 0 Å². The monoisotopic (exact) mass is 416 g/mol. The van der Waals surface area contributed by atoms with Crippen LogP contribution in [0.1, 0.15) is 82.6 Å². The highest BCUT2D eigenvalue weighted by molar-refractivity contribution is 7.80. The molecule has 1 atom stereocenters. The van der Waals surface area contributed by atoms with Gasteiger partial charge in [-0.3, -0.25) is 0 Å². The summed E-state index contributed by atoms with van der Waals surface area (Å²) in [6.07, 6.45) is 16.6. The van der Waals surface area contributed by atoms with Gasteiger partial charge in [0.05, 0.1) is 18.1 Å². The molecule has 0 amide bonds. The Morgan fingerprint density at radius 1 is 0.966 bits per heavy atom. The molecule has 0 bridgehead atoms. The Morgan fingerprint density at radius 3 is 2.21 bits per heavy atom. The molecule has 0 aromatic heterocycles. The van der Waals surface area contributed by atoms with Gasteiger partial charge in [-0.1, -0.05) is 75.7 Å². The van der Waals surface area contributed by atoms with Crippen molar-refractivity contribution in [3.05, 3.63) is 29.8 Å². The lowest BCUT2D eigenvalue weighted by molar-refractivity contribution is 0.309. The van der Waals surface area contributed by atoms with Gasteiger partial charge in [0.15, 0.2) is 0 Å². The van der Waals surface area contributed by atoms with E-state index in [4.69, 9.17) is 17.0 Å². The summed E-state index contributed by atoms with van der Waals surface area (Å²) in [4.78, 5) is 0.993. The van der Waals surface area contributed by atoms with Gasteiger partial charge in [-0.2, -0.15) is 0 Å². The number of hydrogen-bond acceptors (Lipinski definition) is 3. The van der Waals surface area contributed by atoms with E-state index in [1.807, 2.05) is 12.1 Å². The van der Waals surface area contributed by atoms with Crippen LogP contribution in [0.3, 0.4) is 0 Å². The zero-order valence-corrected chi connectivity index (χ0v) is 19.1. The number of methoxy groups -OCH3 is 1. The lowest BCUT2D eigenvalue weighted by Gasteiger charge is -2.28. The van der Waals surface area contributed by atoms with Crippen LogP contribution in [0.2, 0.25) is 0 Å². The molecule has 0 radical (unpaired) electrons. The summed E-state index contributed by atoms with van der Waals surface area (Å²) in [5.74, 6) is 2.65. The molecule has 2 aliphatic carbocycles. The van der Waals surface area contributed by atoms with Crippen LogP contribution in [-0.2, 0) is 6.54 Å². The van der Waals surface area contributed by atoms with Crippen molar-refractivity contribution in [3.63, 3.8) is 0 Å². The van der Waals surface area contributed by atoms with Crippen LogP contribution in [0.5, 0.6) is 5.75 Å². The fraction of sp³-hybridized carbons (Fsp3) is 0.720. The molecule has 2 N–H and O–H groups in total. The molecule has 2 aliphatic rings. The molecule has 2 saturated carbocycles. The van der Waals surface area contributed by atoms with Crippen LogP contribution in [-0.4, -0.2) is 24.7 Å². The van der Waals surface area contributed by atoms with Crippen LogP contribution >= 0.6 is 12.2 Å². The number of ether oxygens (including phenoxy) is 1. The molecule has 0 heterocycles. The quantitative estimate of drug-likeness (QED) is 0.458. The molecule has 1 aromatic carbocycles. The van der Waals surface area contributed by atoms with E-state index in [0.29, 0.717) is 6.04 Å². The summed E-state index contributed by atoms with van der Waals surface area (Å²) < 4.78 is 5.26. The van der Waals surface area contributed by atoms with Gasteiger partial charge in [0.1, 0.15) is 5.75 Å². The minimum absolute atomic E-state index is 0.312. The molecule has 0 unspecified atom stereocenters. The van der Waals surface area contributed by atoms with Gasteiger partial charge in [0, 0.05) is 6.54 Å². The maximum absolute atomic E-state index is 5.86. The highest BCUT2D eigenvalue weighted by Crippen LogP contribution is 2.28. The van der Waals surface area contributed by atoms with Crippen LogP contribution < -0.4 is 15.4 Å². The lowest BCUT2D eigenvalue weighted by atomic mass is 9.85. The maximum Gasteiger partial charge on any atom is 0.118 e. The van der Waals surface area contributed by atoms with Crippen LogP contribution in [0, 0.1) is 11.8 Å². The fourth-order valence-corrected chi connectivity index (χ4v) is 5.23. The van der Waals surface area contributed by atoms with Crippen molar-refractivity contribution < 1.29 is 4.74 Å². The minimum Gasteiger partial charge on any atom is -0.497 e. The van der Waals surface area contributed by atoms with E-state index in [1.165, 1.54) is 82.6 Å². The molecule has 162 valence electrons. The van der Waals surface area contributed by atoms with Gasteiger partial charge in [-0.05, 0) is 61.8 Å². The van der Waals surface area contributed by atoms with E-state index in [0.717, 1.165) is 35.7 Å². The Kier molecular flexibility index (Phi) is 9.75. The van der Waals surface area contributed by atoms with E-state index in [-0.39, 0.29) is 0 Å². The summed E-state index contributed by atoms with van der Waals surface area (Å²) in [7, 11) is 1.71. The molecule has 4 heteroatoms. The van der Waals surface area contributed by atoms with Crippen LogP contribution in [0.15, 0.2) is 24.3 Å². The summed E-state index contributed by atoms with van der Waals surface area (Å²) in [6, 6.07) is 8.57. The van der Waals surface area contributed by atoms with Crippen molar-refractivity contribution in [2.24, 2.45) is 11.8 Å². The molecule has 3 nitrogen and oxygen atoms in total. The molecular formula is C25H40N2OS. The van der Waals surface area contributed by atoms with E-state index >= 15 is 0 Å². The average molecular weight is 417 g/mol. The van der Waals surface area contributed by atoms with Crippen molar-refractivity contribution in [3.8, 4) is 5.75 Å². The topological polar surface area (TPSA) is 33.3 Å². The Labute approximate surface area is 183 Å². The third-order valence-electron chi connectivity index (χ3n) is 6.91. The van der Waals surface area contributed by atoms with Crippen molar-refractivity contribution in [2.75, 3.05) is 13.7 Å². The molecule has 0 aliphatic heterocycles. The molecule has 0 saturated heterocycles. The van der Waals surface area contributed by atoms with Gasteiger partial charge in [0.2, 0.25) is 0 Å². The number of nitrogens with one attached hydrogen (secondary N) is 2. The van der Waals surface area contributed by atoms with Gasteiger partial charge in [-0.25, -0.2) is 0 Å². The van der Waals surface area contributed by atoms with Crippen LogP contribution in [0.25, 0.3) is 0 Å². The van der Waals surface area contributed by atoms with E-state index in [9.17, 15) is 0 Å². The molecule has 1 aromatic rings. The Hall–Kier alpha value is -1.13. The van der Waals surface area contributed by atoms with Crippen molar-refractivity contribution >= 4 is 17.2 Å². The standard InChI is InChI=1S/C25H40N2OS/c1-28-23-15-12-22(13-16-23)19-27-25(29)24(17-14-20-8-4-2-5-9-20)26-18-21-10-6-3-7-11-21/h12-13,15-16,20-21,24,26H,2-11,14,17-19H2,1H3,(H,27,29)/t24-/m1/s1. The third-order valence-corrected chi connectivity index (χ3v) is 7.34. The molecule has 3 rings (SSSR count). The normalized spacial score (nSPS) is 19.6. The Bertz CT molecular complexity index is 569. The van der Waals surface area contributed by atoms with Crippen molar-refractivity contribution in [1.29, 1.82) is 0 Å². The SMILES string of the molecule is COc1ccc(CNC(=S)[C@@H](CCC2CCCCC2)NCC2CCCCC2)cc1. The maximum atomic E-state index is 5.86.